The molecule has 0 aromatic carbocycles. The first-order valence-corrected chi connectivity index (χ1v) is 7.77. The van der Waals surface area contributed by atoms with Crippen molar-refractivity contribution < 1.29 is 5.11 Å². The van der Waals surface area contributed by atoms with E-state index in [0.29, 0.717) is 5.41 Å². The van der Waals surface area contributed by atoms with E-state index in [9.17, 15) is 5.11 Å². The number of likely N-dealkylation sites (tertiary alicyclic amines) is 1. The minimum atomic E-state index is -0.472. The van der Waals surface area contributed by atoms with Crippen molar-refractivity contribution in [2.24, 2.45) is 5.41 Å². The molecule has 3 nitrogen and oxygen atoms in total. The molecule has 2 aliphatic heterocycles. The summed E-state index contributed by atoms with van der Waals surface area (Å²) in [5, 5.41) is 14.1. The quantitative estimate of drug-likeness (QED) is 0.805. The molecular weight excluding hydrogens is 224 g/mol. The van der Waals surface area contributed by atoms with Gasteiger partial charge in [-0.15, -0.1) is 0 Å². The molecule has 106 valence electrons. The zero-order valence-electron chi connectivity index (χ0n) is 12.2. The van der Waals surface area contributed by atoms with Crippen LogP contribution in [0.25, 0.3) is 0 Å². The second-order valence-corrected chi connectivity index (χ2v) is 6.53. The lowest BCUT2D eigenvalue weighted by Gasteiger charge is -2.47. The number of hydrogen-bond acceptors (Lipinski definition) is 3. The second kappa shape index (κ2) is 5.89. The van der Waals surface area contributed by atoms with Gasteiger partial charge in [-0.25, -0.2) is 0 Å². The van der Waals surface area contributed by atoms with E-state index >= 15 is 0 Å². The molecule has 18 heavy (non-hydrogen) atoms. The van der Waals surface area contributed by atoms with E-state index in [1.165, 1.54) is 51.9 Å². The highest BCUT2D eigenvalue weighted by atomic mass is 16.3. The Morgan fingerprint density at radius 1 is 1.22 bits per heavy atom. The lowest BCUT2D eigenvalue weighted by atomic mass is 9.74. The predicted octanol–water partition coefficient (Wildman–Crippen LogP) is 2.00. The van der Waals surface area contributed by atoms with E-state index in [2.05, 4.69) is 24.1 Å². The van der Waals surface area contributed by atoms with Crippen molar-refractivity contribution in [1.29, 1.82) is 0 Å². The lowest BCUT2D eigenvalue weighted by Crippen LogP contribution is -2.54. The summed E-state index contributed by atoms with van der Waals surface area (Å²) < 4.78 is 0. The maximum absolute atomic E-state index is 10.5. The molecule has 3 heteroatoms. The molecule has 2 saturated heterocycles. The summed E-state index contributed by atoms with van der Waals surface area (Å²) in [6.45, 7) is 9.79. The van der Waals surface area contributed by atoms with E-state index in [0.717, 1.165) is 19.4 Å². The Labute approximate surface area is 112 Å². The van der Waals surface area contributed by atoms with E-state index in [4.69, 9.17) is 0 Å². The van der Waals surface area contributed by atoms with Gasteiger partial charge in [0.05, 0.1) is 5.60 Å². The molecule has 0 aromatic heterocycles. The highest BCUT2D eigenvalue weighted by Crippen LogP contribution is 2.36. The third-order valence-electron chi connectivity index (χ3n) is 5.14. The number of nitrogens with zero attached hydrogens (tertiary/aromatic N) is 1. The van der Waals surface area contributed by atoms with Crippen molar-refractivity contribution in [2.75, 3.05) is 32.7 Å². The van der Waals surface area contributed by atoms with Crippen LogP contribution in [0.15, 0.2) is 0 Å². The van der Waals surface area contributed by atoms with Gasteiger partial charge in [-0.3, -0.25) is 4.90 Å². The summed E-state index contributed by atoms with van der Waals surface area (Å²) >= 11 is 0. The Bertz CT molecular complexity index is 252. The molecule has 0 aliphatic carbocycles. The maximum atomic E-state index is 10.5. The fourth-order valence-corrected chi connectivity index (χ4v) is 3.71. The predicted molar refractivity (Wildman–Crippen MR) is 75.7 cm³/mol. The maximum Gasteiger partial charge on any atom is 0.0768 e. The molecule has 2 rings (SSSR count). The molecule has 2 fully saturated rings. The lowest BCUT2D eigenvalue weighted by molar-refractivity contribution is -0.0311. The van der Waals surface area contributed by atoms with Gasteiger partial charge in [0.1, 0.15) is 0 Å². The van der Waals surface area contributed by atoms with Gasteiger partial charge >= 0.3 is 0 Å². The molecule has 2 heterocycles. The van der Waals surface area contributed by atoms with Crippen LogP contribution < -0.4 is 5.32 Å². The summed E-state index contributed by atoms with van der Waals surface area (Å²) in [6.07, 6.45) is 7.09. The summed E-state index contributed by atoms with van der Waals surface area (Å²) in [5.41, 5.74) is 0.0273. The van der Waals surface area contributed by atoms with Crippen LogP contribution in [0.3, 0.4) is 0 Å². The van der Waals surface area contributed by atoms with Gasteiger partial charge in [-0.2, -0.15) is 0 Å². The van der Waals surface area contributed by atoms with Crippen molar-refractivity contribution in [3.8, 4) is 0 Å². The molecule has 0 amide bonds. The first-order chi connectivity index (χ1) is 8.61. The van der Waals surface area contributed by atoms with Gasteiger partial charge in [0, 0.05) is 19.6 Å². The van der Waals surface area contributed by atoms with Crippen LogP contribution >= 0.6 is 0 Å². The largest absolute Gasteiger partial charge is 0.389 e. The fourth-order valence-electron chi connectivity index (χ4n) is 3.71. The third-order valence-corrected chi connectivity index (χ3v) is 5.14. The summed E-state index contributed by atoms with van der Waals surface area (Å²) in [6, 6.07) is 0. The van der Waals surface area contributed by atoms with Crippen LogP contribution in [0.4, 0.5) is 0 Å². The molecule has 2 aliphatic rings. The van der Waals surface area contributed by atoms with Crippen molar-refractivity contribution >= 4 is 0 Å². The van der Waals surface area contributed by atoms with Crippen molar-refractivity contribution in [3.05, 3.63) is 0 Å². The molecule has 0 saturated carbocycles. The first-order valence-electron chi connectivity index (χ1n) is 7.77. The molecule has 1 spiro atoms. The average molecular weight is 254 g/mol. The van der Waals surface area contributed by atoms with Crippen molar-refractivity contribution in [2.45, 2.75) is 58.0 Å². The second-order valence-electron chi connectivity index (χ2n) is 6.53. The smallest absolute Gasteiger partial charge is 0.0768 e. The average Bonchev–Trinajstić information content (AvgIpc) is 2.39. The number of hydrogen-bond donors (Lipinski definition) is 2. The molecule has 1 atom stereocenters. The van der Waals surface area contributed by atoms with E-state index in [1.54, 1.807) is 0 Å². The van der Waals surface area contributed by atoms with E-state index < -0.39 is 5.60 Å². The minimum Gasteiger partial charge on any atom is -0.389 e. The molecule has 0 aromatic rings. The van der Waals surface area contributed by atoms with Gasteiger partial charge in [0.2, 0.25) is 0 Å². The molecule has 0 radical (unpaired) electrons. The Morgan fingerprint density at radius 2 is 1.94 bits per heavy atom. The number of nitrogens with one attached hydrogen (secondary N) is 1. The van der Waals surface area contributed by atoms with Crippen LogP contribution in [-0.2, 0) is 0 Å². The minimum absolute atomic E-state index is 0.472. The van der Waals surface area contributed by atoms with E-state index in [1.807, 2.05) is 0 Å². The van der Waals surface area contributed by atoms with E-state index in [-0.39, 0.29) is 0 Å². The standard InChI is InChI=1S/C15H30N2O/c1-3-15(18,4-2)13-17-10-6-8-14(12-17)7-5-9-16-11-14/h16,18H,3-13H2,1-2H3. The zero-order valence-corrected chi connectivity index (χ0v) is 12.2. The van der Waals surface area contributed by atoms with Crippen LogP contribution in [0.5, 0.6) is 0 Å². The normalized spacial score (nSPS) is 30.8. The van der Waals surface area contributed by atoms with Crippen molar-refractivity contribution in [3.63, 3.8) is 0 Å². The first kappa shape index (κ1) is 14.3. The van der Waals surface area contributed by atoms with Gasteiger partial charge < -0.3 is 10.4 Å². The Hall–Kier alpha value is -0.120. The Morgan fingerprint density at radius 3 is 2.56 bits per heavy atom. The topological polar surface area (TPSA) is 35.5 Å². The van der Waals surface area contributed by atoms with Crippen LogP contribution in [-0.4, -0.2) is 48.3 Å². The molecule has 0 bridgehead atoms. The van der Waals surface area contributed by atoms with Crippen LogP contribution in [0, 0.1) is 5.41 Å². The molecule has 1 unspecified atom stereocenters. The summed E-state index contributed by atoms with van der Waals surface area (Å²) in [7, 11) is 0. The molecule has 2 N–H and O–H groups in total. The zero-order chi connectivity index (χ0) is 13.1. The van der Waals surface area contributed by atoms with Gasteiger partial charge in [-0.05, 0) is 57.0 Å². The molecular formula is C15H30N2O. The van der Waals surface area contributed by atoms with Gasteiger partial charge in [0.25, 0.3) is 0 Å². The number of piperidine rings is 2. The summed E-state index contributed by atoms with van der Waals surface area (Å²) in [4.78, 5) is 2.52. The van der Waals surface area contributed by atoms with Crippen LogP contribution in [0.1, 0.15) is 52.4 Å². The Balaban J connectivity index is 1.94. The van der Waals surface area contributed by atoms with Gasteiger partial charge in [0.15, 0.2) is 0 Å². The Kier molecular flexibility index (Phi) is 4.68. The highest BCUT2D eigenvalue weighted by Gasteiger charge is 2.38. The number of aliphatic hydroxyl groups is 1. The van der Waals surface area contributed by atoms with Gasteiger partial charge in [-0.1, -0.05) is 13.8 Å². The van der Waals surface area contributed by atoms with Crippen molar-refractivity contribution in [1.82, 2.24) is 10.2 Å². The van der Waals surface area contributed by atoms with Crippen LogP contribution in [0.2, 0.25) is 0 Å². The SMILES string of the molecule is CCC(O)(CC)CN1CCCC2(CCCNC2)C1. The third kappa shape index (κ3) is 3.25. The highest BCUT2D eigenvalue weighted by molar-refractivity contribution is 4.93. The number of rotatable bonds is 4. The summed E-state index contributed by atoms with van der Waals surface area (Å²) in [5.74, 6) is 0. The fraction of sp³-hybridized carbons (Fsp3) is 1.00. The monoisotopic (exact) mass is 254 g/mol. The number of β-amino-alcohol motifs (C(OH)–C–C–N with tert-alkyl or cyclic N) is 1.